The summed E-state index contributed by atoms with van der Waals surface area (Å²) in [4.78, 5) is 14.1. The first-order chi connectivity index (χ1) is 8.56. The van der Waals surface area contributed by atoms with Crippen molar-refractivity contribution >= 4 is 5.91 Å². The van der Waals surface area contributed by atoms with Gasteiger partial charge in [0.15, 0.2) is 0 Å². The molecule has 18 heavy (non-hydrogen) atoms. The van der Waals surface area contributed by atoms with E-state index in [0.717, 1.165) is 44.9 Å². The average molecular weight is 254 g/mol. The fourth-order valence-corrected chi connectivity index (χ4v) is 3.64. The zero-order valence-corrected chi connectivity index (χ0v) is 11.4. The third-order valence-corrected chi connectivity index (χ3v) is 4.72. The number of aliphatic hydroxyl groups is 1. The summed E-state index contributed by atoms with van der Waals surface area (Å²) in [5.41, 5.74) is 5.09. The maximum atomic E-state index is 12.4. The highest BCUT2D eigenvalue weighted by Gasteiger charge is 2.38. The van der Waals surface area contributed by atoms with E-state index in [1.165, 1.54) is 0 Å². The molecular weight excluding hydrogens is 228 g/mol. The molecule has 0 aliphatic heterocycles. The molecule has 0 saturated heterocycles. The van der Waals surface area contributed by atoms with Crippen LogP contribution in [0.15, 0.2) is 0 Å². The number of hydrogen-bond donors (Lipinski definition) is 2. The fraction of sp³-hybridized carbons (Fsp3) is 0.929. The van der Waals surface area contributed by atoms with Crippen molar-refractivity contribution in [1.82, 2.24) is 4.90 Å². The summed E-state index contributed by atoms with van der Waals surface area (Å²) in [6, 6.07) is 0. The maximum Gasteiger partial charge on any atom is 0.225 e. The van der Waals surface area contributed by atoms with Gasteiger partial charge in [-0.25, -0.2) is 0 Å². The van der Waals surface area contributed by atoms with Crippen LogP contribution in [0.5, 0.6) is 0 Å². The number of carbonyl (C=O) groups excluding carboxylic acids is 1. The Morgan fingerprint density at radius 2 is 2.00 bits per heavy atom. The quantitative estimate of drug-likeness (QED) is 0.790. The molecule has 0 aromatic carbocycles. The second kappa shape index (κ2) is 5.57. The van der Waals surface area contributed by atoms with Crippen molar-refractivity contribution in [2.75, 3.05) is 20.1 Å². The Morgan fingerprint density at radius 3 is 2.61 bits per heavy atom. The minimum Gasteiger partial charge on any atom is -0.388 e. The molecule has 0 aromatic rings. The molecule has 2 atom stereocenters. The molecule has 4 nitrogen and oxygen atoms in total. The first-order valence-electron chi connectivity index (χ1n) is 7.23. The second-order valence-corrected chi connectivity index (χ2v) is 6.16. The number of hydrogen-bond acceptors (Lipinski definition) is 3. The Balaban J connectivity index is 1.92. The van der Waals surface area contributed by atoms with Crippen molar-refractivity contribution in [2.24, 2.45) is 17.6 Å². The lowest BCUT2D eigenvalue weighted by Crippen LogP contribution is -2.45. The van der Waals surface area contributed by atoms with Crippen LogP contribution >= 0.6 is 0 Å². The third kappa shape index (κ3) is 2.86. The van der Waals surface area contributed by atoms with Gasteiger partial charge in [0.1, 0.15) is 0 Å². The number of carbonyl (C=O) groups is 1. The SMILES string of the molecule is CN(CC1(O)CCCC1)C(=O)C1CCCC1CN. The summed E-state index contributed by atoms with van der Waals surface area (Å²) >= 11 is 0. The Hall–Kier alpha value is -0.610. The molecule has 104 valence electrons. The van der Waals surface area contributed by atoms with Crippen molar-refractivity contribution in [3.05, 3.63) is 0 Å². The summed E-state index contributed by atoms with van der Waals surface area (Å²) in [6.07, 6.45) is 6.96. The monoisotopic (exact) mass is 254 g/mol. The summed E-state index contributed by atoms with van der Waals surface area (Å²) in [7, 11) is 1.82. The second-order valence-electron chi connectivity index (χ2n) is 6.16. The zero-order chi connectivity index (χ0) is 13.2. The van der Waals surface area contributed by atoms with Gasteiger partial charge in [-0.3, -0.25) is 4.79 Å². The van der Waals surface area contributed by atoms with Gasteiger partial charge in [-0.05, 0) is 38.1 Å². The third-order valence-electron chi connectivity index (χ3n) is 4.72. The van der Waals surface area contributed by atoms with Gasteiger partial charge in [0.25, 0.3) is 0 Å². The Kier molecular flexibility index (Phi) is 4.28. The number of amides is 1. The van der Waals surface area contributed by atoms with Gasteiger partial charge in [-0.1, -0.05) is 19.3 Å². The lowest BCUT2D eigenvalue weighted by molar-refractivity contribution is -0.138. The van der Waals surface area contributed by atoms with Crippen LogP contribution < -0.4 is 5.73 Å². The lowest BCUT2D eigenvalue weighted by Gasteiger charge is -2.31. The normalized spacial score (nSPS) is 30.6. The highest BCUT2D eigenvalue weighted by atomic mass is 16.3. The maximum absolute atomic E-state index is 12.4. The van der Waals surface area contributed by atoms with Crippen molar-refractivity contribution in [2.45, 2.75) is 50.5 Å². The van der Waals surface area contributed by atoms with E-state index in [9.17, 15) is 9.90 Å². The van der Waals surface area contributed by atoms with Crippen LogP contribution in [-0.2, 0) is 4.79 Å². The Bertz CT molecular complexity index is 300. The van der Waals surface area contributed by atoms with Crippen molar-refractivity contribution < 1.29 is 9.90 Å². The molecule has 0 aromatic heterocycles. The van der Waals surface area contributed by atoms with Crippen LogP contribution in [0.25, 0.3) is 0 Å². The highest BCUT2D eigenvalue weighted by molar-refractivity contribution is 5.79. The smallest absolute Gasteiger partial charge is 0.225 e. The fourth-order valence-electron chi connectivity index (χ4n) is 3.64. The number of likely N-dealkylation sites (N-methyl/N-ethyl adjacent to an activating group) is 1. The van der Waals surface area contributed by atoms with Crippen LogP contribution in [0, 0.1) is 11.8 Å². The first kappa shape index (κ1) is 13.8. The summed E-state index contributed by atoms with van der Waals surface area (Å²) in [5.74, 6) is 0.617. The van der Waals surface area contributed by atoms with Crippen molar-refractivity contribution in [1.29, 1.82) is 0 Å². The van der Waals surface area contributed by atoms with Crippen LogP contribution in [0.3, 0.4) is 0 Å². The molecule has 0 heterocycles. The largest absolute Gasteiger partial charge is 0.388 e. The molecule has 1 amide bonds. The molecular formula is C14H26N2O2. The predicted octanol–water partition coefficient (Wildman–Crippen LogP) is 1.12. The number of nitrogens with zero attached hydrogens (tertiary/aromatic N) is 1. The number of nitrogens with two attached hydrogens (primary N) is 1. The van der Waals surface area contributed by atoms with Gasteiger partial charge in [-0.2, -0.15) is 0 Å². The zero-order valence-electron chi connectivity index (χ0n) is 11.4. The van der Waals surface area contributed by atoms with E-state index in [4.69, 9.17) is 5.73 Å². The molecule has 3 N–H and O–H groups in total. The standard InChI is InChI=1S/C14H26N2O2/c1-16(10-14(18)7-2-3-8-14)13(17)12-6-4-5-11(12)9-15/h11-12,18H,2-10,15H2,1H3. The molecule has 0 spiro atoms. The van der Waals surface area contributed by atoms with E-state index < -0.39 is 5.60 Å². The molecule has 2 aliphatic rings. The van der Waals surface area contributed by atoms with E-state index in [0.29, 0.717) is 19.0 Å². The van der Waals surface area contributed by atoms with Crippen LogP contribution in [0.2, 0.25) is 0 Å². The van der Waals surface area contributed by atoms with Gasteiger partial charge in [0.05, 0.1) is 5.60 Å². The molecule has 2 rings (SSSR count). The molecule has 0 bridgehead atoms. The van der Waals surface area contributed by atoms with Gasteiger partial charge in [0, 0.05) is 19.5 Å². The van der Waals surface area contributed by atoms with E-state index in [1.54, 1.807) is 4.90 Å². The molecule has 2 saturated carbocycles. The topological polar surface area (TPSA) is 66.6 Å². The van der Waals surface area contributed by atoms with Crippen molar-refractivity contribution in [3.8, 4) is 0 Å². The van der Waals surface area contributed by atoms with E-state index in [-0.39, 0.29) is 11.8 Å². The minimum absolute atomic E-state index is 0.0880. The van der Waals surface area contributed by atoms with E-state index >= 15 is 0 Å². The Morgan fingerprint density at radius 1 is 1.33 bits per heavy atom. The van der Waals surface area contributed by atoms with Gasteiger partial charge >= 0.3 is 0 Å². The lowest BCUT2D eigenvalue weighted by atomic mass is 9.94. The minimum atomic E-state index is -0.638. The first-order valence-corrected chi connectivity index (χ1v) is 7.23. The molecule has 2 fully saturated rings. The molecule has 0 radical (unpaired) electrons. The molecule has 2 unspecified atom stereocenters. The van der Waals surface area contributed by atoms with Crippen LogP contribution in [0.4, 0.5) is 0 Å². The summed E-state index contributed by atoms with van der Waals surface area (Å²) in [6.45, 7) is 1.09. The molecule has 4 heteroatoms. The summed E-state index contributed by atoms with van der Waals surface area (Å²) in [5, 5.41) is 10.4. The predicted molar refractivity (Wildman–Crippen MR) is 70.9 cm³/mol. The Labute approximate surface area is 110 Å². The number of rotatable bonds is 4. The van der Waals surface area contributed by atoms with Gasteiger partial charge in [0.2, 0.25) is 5.91 Å². The highest BCUT2D eigenvalue weighted by Crippen LogP contribution is 2.34. The summed E-state index contributed by atoms with van der Waals surface area (Å²) < 4.78 is 0. The van der Waals surface area contributed by atoms with E-state index in [1.807, 2.05) is 7.05 Å². The van der Waals surface area contributed by atoms with E-state index in [2.05, 4.69) is 0 Å². The average Bonchev–Trinajstić information content (AvgIpc) is 2.96. The molecule has 2 aliphatic carbocycles. The van der Waals surface area contributed by atoms with Gasteiger partial charge in [-0.15, -0.1) is 0 Å². The van der Waals surface area contributed by atoms with Crippen molar-refractivity contribution in [3.63, 3.8) is 0 Å². The van der Waals surface area contributed by atoms with Crippen LogP contribution in [-0.4, -0.2) is 41.7 Å². The van der Waals surface area contributed by atoms with Gasteiger partial charge < -0.3 is 15.7 Å². The van der Waals surface area contributed by atoms with Crippen LogP contribution in [0.1, 0.15) is 44.9 Å².